The molecule has 4 nitrogen and oxygen atoms in total. The first-order valence-electron chi connectivity index (χ1n) is 6.62. The Balaban J connectivity index is 2.24. The first-order chi connectivity index (χ1) is 9.21. The number of hydrazine groups is 1. The predicted octanol–water partition coefficient (Wildman–Crippen LogP) is 2.67. The molecule has 0 aromatic heterocycles. The van der Waals surface area contributed by atoms with Crippen LogP contribution in [0.5, 0.6) is 5.75 Å². The van der Waals surface area contributed by atoms with Gasteiger partial charge in [0.1, 0.15) is 5.75 Å². The average Bonchev–Trinajstić information content (AvgIpc) is 3.24. The van der Waals surface area contributed by atoms with Crippen LogP contribution in [0.1, 0.15) is 31.4 Å². The number of nitrogens with one attached hydrogen (secondary N) is 1. The first-order valence-corrected chi connectivity index (χ1v) is 7.00. The fourth-order valence-corrected chi connectivity index (χ4v) is 2.57. The molecule has 2 atom stereocenters. The van der Waals surface area contributed by atoms with Crippen LogP contribution in [0, 0.1) is 5.92 Å². The van der Waals surface area contributed by atoms with Crippen LogP contribution in [0.25, 0.3) is 0 Å². The lowest BCUT2D eigenvalue weighted by atomic mass is 9.98. The Morgan fingerprint density at radius 1 is 1.47 bits per heavy atom. The summed E-state index contributed by atoms with van der Waals surface area (Å²) in [6.45, 7) is 2.69. The topological polar surface area (TPSA) is 56.5 Å². The van der Waals surface area contributed by atoms with Crippen molar-refractivity contribution >= 4 is 11.6 Å². The standard InChI is InChI=1S/C14H21ClN2O2/c1-3-19-14(9-4-5-9)13(17-16)10-6-7-11(15)12(8-10)18-2/h6-9,13-14,17H,3-5,16H2,1-2H3. The van der Waals surface area contributed by atoms with Crippen LogP contribution in [0.15, 0.2) is 18.2 Å². The number of benzene rings is 1. The quantitative estimate of drug-likeness (QED) is 0.597. The summed E-state index contributed by atoms with van der Waals surface area (Å²) in [6.07, 6.45) is 2.50. The van der Waals surface area contributed by atoms with Gasteiger partial charge in [-0.05, 0) is 43.4 Å². The lowest BCUT2D eigenvalue weighted by molar-refractivity contribution is 0.0185. The minimum Gasteiger partial charge on any atom is -0.495 e. The van der Waals surface area contributed by atoms with Gasteiger partial charge in [-0.3, -0.25) is 11.3 Å². The Bertz CT molecular complexity index is 424. The predicted molar refractivity (Wildman–Crippen MR) is 76.2 cm³/mol. The SMILES string of the molecule is CCOC(C1CC1)C(NN)c1ccc(Cl)c(OC)c1. The summed E-state index contributed by atoms with van der Waals surface area (Å²) < 4.78 is 11.1. The number of nitrogens with two attached hydrogens (primary N) is 1. The van der Waals surface area contributed by atoms with Gasteiger partial charge < -0.3 is 9.47 Å². The van der Waals surface area contributed by atoms with Crippen LogP contribution >= 0.6 is 11.6 Å². The molecule has 0 radical (unpaired) electrons. The zero-order valence-corrected chi connectivity index (χ0v) is 12.1. The summed E-state index contributed by atoms with van der Waals surface area (Å²) in [5.74, 6) is 6.97. The fourth-order valence-electron chi connectivity index (χ4n) is 2.37. The molecule has 0 bridgehead atoms. The van der Waals surface area contributed by atoms with Gasteiger partial charge in [0.15, 0.2) is 0 Å². The summed E-state index contributed by atoms with van der Waals surface area (Å²) in [6, 6.07) is 5.67. The van der Waals surface area contributed by atoms with Crippen molar-refractivity contribution in [3.05, 3.63) is 28.8 Å². The monoisotopic (exact) mass is 284 g/mol. The van der Waals surface area contributed by atoms with Crippen LogP contribution in [-0.4, -0.2) is 19.8 Å². The average molecular weight is 285 g/mol. The van der Waals surface area contributed by atoms with Gasteiger partial charge in [-0.15, -0.1) is 0 Å². The maximum Gasteiger partial charge on any atom is 0.137 e. The van der Waals surface area contributed by atoms with E-state index >= 15 is 0 Å². The van der Waals surface area contributed by atoms with E-state index in [0.29, 0.717) is 23.3 Å². The fraction of sp³-hybridized carbons (Fsp3) is 0.571. The van der Waals surface area contributed by atoms with Gasteiger partial charge in [-0.1, -0.05) is 17.7 Å². The van der Waals surface area contributed by atoms with Crippen LogP contribution in [-0.2, 0) is 4.74 Å². The maximum atomic E-state index is 6.05. The van der Waals surface area contributed by atoms with Crippen molar-refractivity contribution in [1.82, 2.24) is 5.43 Å². The molecule has 0 spiro atoms. The van der Waals surface area contributed by atoms with Gasteiger partial charge in [-0.2, -0.15) is 0 Å². The molecule has 0 saturated heterocycles. The molecule has 1 aliphatic rings. The Morgan fingerprint density at radius 2 is 2.21 bits per heavy atom. The van der Waals surface area contributed by atoms with Crippen molar-refractivity contribution in [1.29, 1.82) is 0 Å². The van der Waals surface area contributed by atoms with Crippen LogP contribution < -0.4 is 16.0 Å². The molecule has 0 aliphatic heterocycles. The van der Waals surface area contributed by atoms with Crippen molar-refractivity contribution in [2.24, 2.45) is 11.8 Å². The first kappa shape index (κ1) is 14.6. The molecule has 1 aromatic rings. The minimum absolute atomic E-state index is 0.0429. The molecule has 3 N–H and O–H groups in total. The molecule has 19 heavy (non-hydrogen) atoms. The molecule has 0 amide bonds. The molecule has 1 fully saturated rings. The molecule has 1 saturated carbocycles. The molecule has 0 heterocycles. The van der Waals surface area contributed by atoms with Crippen molar-refractivity contribution < 1.29 is 9.47 Å². The van der Waals surface area contributed by atoms with E-state index in [4.69, 9.17) is 26.9 Å². The van der Waals surface area contributed by atoms with Gasteiger partial charge in [0, 0.05) is 6.61 Å². The van der Waals surface area contributed by atoms with E-state index < -0.39 is 0 Å². The van der Waals surface area contributed by atoms with Crippen LogP contribution in [0.4, 0.5) is 0 Å². The van der Waals surface area contributed by atoms with E-state index in [-0.39, 0.29) is 12.1 Å². The van der Waals surface area contributed by atoms with Crippen LogP contribution in [0.3, 0.4) is 0 Å². The van der Waals surface area contributed by atoms with Crippen molar-refractivity contribution in [3.63, 3.8) is 0 Å². The molecule has 1 aromatic carbocycles. The van der Waals surface area contributed by atoms with Gasteiger partial charge in [0.2, 0.25) is 0 Å². The zero-order chi connectivity index (χ0) is 13.8. The highest BCUT2D eigenvalue weighted by atomic mass is 35.5. The van der Waals surface area contributed by atoms with Crippen molar-refractivity contribution in [2.45, 2.75) is 31.9 Å². The lowest BCUT2D eigenvalue weighted by Gasteiger charge is -2.27. The largest absolute Gasteiger partial charge is 0.495 e. The van der Waals surface area contributed by atoms with E-state index in [0.717, 1.165) is 5.56 Å². The lowest BCUT2D eigenvalue weighted by Crippen LogP contribution is -2.39. The van der Waals surface area contributed by atoms with Gasteiger partial charge in [0.25, 0.3) is 0 Å². The summed E-state index contributed by atoms with van der Waals surface area (Å²) in [5, 5.41) is 0.599. The van der Waals surface area contributed by atoms with Gasteiger partial charge in [-0.25, -0.2) is 0 Å². The molecule has 5 heteroatoms. The second kappa shape index (κ2) is 6.57. The third kappa shape index (κ3) is 3.39. The number of hydrogen-bond donors (Lipinski definition) is 2. The van der Waals surface area contributed by atoms with Gasteiger partial charge in [0.05, 0.1) is 24.3 Å². The molecule has 106 valence electrons. The number of methoxy groups -OCH3 is 1. The summed E-state index contributed by atoms with van der Waals surface area (Å²) >= 11 is 6.05. The molecular formula is C14H21ClN2O2. The Labute approximate surface area is 119 Å². The van der Waals surface area contributed by atoms with E-state index in [1.807, 2.05) is 25.1 Å². The number of ether oxygens (including phenoxy) is 2. The number of rotatable bonds is 7. The zero-order valence-electron chi connectivity index (χ0n) is 11.4. The van der Waals surface area contributed by atoms with E-state index in [2.05, 4.69) is 5.43 Å². The van der Waals surface area contributed by atoms with E-state index in [1.165, 1.54) is 12.8 Å². The minimum atomic E-state index is -0.0429. The summed E-state index contributed by atoms with van der Waals surface area (Å²) in [7, 11) is 1.61. The Hall–Kier alpha value is -0.810. The summed E-state index contributed by atoms with van der Waals surface area (Å²) in [4.78, 5) is 0. The Morgan fingerprint density at radius 3 is 2.74 bits per heavy atom. The Kier molecular flexibility index (Phi) is 5.05. The molecule has 2 unspecified atom stereocenters. The smallest absolute Gasteiger partial charge is 0.137 e. The summed E-state index contributed by atoms with van der Waals surface area (Å²) in [5.41, 5.74) is 3.91. The highest BCUT2D eigenvalue weighted by Gasteiger charge is 2.37. The normalized spacial score (nSPS) is 18.1. The van der Waals surface area contributed by atoms with Crippen LogP contribution in [0.2, 0.25) is 5.02 Å². The second-order valence-corrected chi connectivity index (χ2v) is 5.20. The third-order valence-electron chi connectivity index (χ3n) is 3.49. The van der Waals surface area contributed by atoms with Gasteiger partial charge >= 0.3 is 0 Å². The van der Waals surface area contributed by atoms with Crippen molar-refractivity contribution in [3.8, 4) is 5.75 Å². The van der Waals surface area contributed by atoms with E-state index in [9.17, 15) is 0 Å². The third-order valence-corrected chi connectivity index (χ3v) is 3.80. The van der Waals surface area contributed by atoms with Crippen molar-refractivity contribution in [2.75, 3.05) is 13.7 Å². The highest BCUT2D eigenvalue weighted by Crippen LogP contribution is 2.40. The number of halogens is 1. The second-order valence-electron chi connectivity index (χ2n) is 4.80. The molecule has 1 aliphatic carbocycles. The van der Waals surface area contributed by atoms with E-state index in [1.54, 1.807) is 7.11 Å². The molecular weight excluding hydrogens is 264 g/mol. The number of hydrogen-bond acceptors (Lipinski definition) is 4. The molecule has 2 rings (SSSR count). The highest BCUT2D eigenvalue weighted by molar-refractivity contribution is 6.32. The maximum absolute atomic E-state index is 6.05.